The number of nitrogens with two attached hydrogens (primary N) is 1. The molecule has 0 atom stereocenters. The van der Waals surface area contributed by atoms with Gasteiger partial charge >= 0.3 is 0 Å². The Bertz CT molecular complexity index is 508. The minimum absolute atomic E-state index is 0.170. The molecule has 0 saturated carbocycles. The molecule has 2 aliphatic rings. The van der Waals surface area contributed by atoms with E-state index in [0.717, 1.165) is 32.1 Å². The lowest BCUT2D eigenvalue weighted by molar-refractivity contribution is -0.124. The quantitative estimate of drug-likeness (QED) is 0.838. The highest BCUT2D eigenvalue weighted by atomic mass is 16.5. The van der Waals surface area contributed by atoms with Crippen LogP contribution in [0, 0.1) is 0 Å². The molecule has 2 saturated heterocycles. The zero-order valence-electron chi connectivity index (χ0n) is 12.6. The summed E-state index contributed by atoms with van der Waals surface area (Å²) in [5.74, 6) is 0.728. The normalized spacial score (nSPS) is 21.4. The fraction of sp³-hybridized carbons (Fsp3) is 0.600. The van der Waals surface area contributed by atoms with Gasteiger partial charge in [0.05, 0.1) is 25.1 Å². The molecule has 2 fully saturated rings. The van der Waals surface area contributed by atoms with Crippen LogP contribution >= 0.6 is 0 Å². The number of morpholine rings is 1. The number of aromatic nitrogens is 1. The van der Waals surface area contributed by atoms with Crippen LogP contribution in [0.15, 0.2) is 18.3 Å². The van der Waals surface area contributed by atoms with Crippen molar-refractivity contribution in [2.45, 2.75) is 18.4 Å². The maximum atomic E-state index is 12.3. The van der Waals surface area contributed by atoms with E-state index in [1.165, 1.54) is 0 Å². The molecule has 120 valence electrons. The van der Waals surface area contributed by atoms with Gasteiger partial charge in [-0.15, -0.1) is 0 Å². The fourth-order valence-corrected chi connectivity index (χ4v) is 2.66. The summed E-state index contributed by atoms with van der Waals surface area (Å²) in [7, 11) is 0. The maximum absolute atomic E-state index is 12.3. The van der Waals surface area contributed by atoms with Crippen LogP contribution in [0.3, 0.4) is 0 Å². The van der Waals surface area contributed by atoms with Crippen LogP contribution in [-0.4, -0.2) is 55.9 Å². The standard InChI is InChI=1S/C15H22N4O3/c16-15(3-7-21-8-4-15)14(20)18-12-1-2-13(17-11-12)19-5-9-22-10-6-19/h1-2,11H,3-10,16H2,(H,18,20). The van der Waals surface area contributed by atoms with Gasteiger partial charge in [-0.05, 0) is 25.0 Å². The molecule has 1 amide bonds. The summed E-state index contributed by atoms with van der Waals surface area (Å²) in [4.78, 5) is 18.9. The van der Waals surface area contributed by atoms with Crippen molar-refractivity contribution >= 4 is 17.4 Å². The molecule has 7 nitrogen and oxygen atoms in total. The van der Waals surface area contributed by atoms with E-state index in [0.29, 0.717) is 31.7 Å². The van der Waals surface area contributed by atoms with E-state index in [1.807, 2.05) is 12.1 Å². The van der Waals surface area contributed by atoms with E-state index < -0.39 is 5.54 Å². The van der Waals surface area contributed by atoms with Crippen LogP contribution < -0.4 is 16.0 Å². The van der Waals surface area contributed by atoms with E-state index in [2.05, 4.69) is 15.2 Å². The van der Waals surface area contributed by atoms with Crippen molar-refractivity contribution in [3.8, 4) is 0 Å². The largest absolute Gasteiger partial charge is 0.381 e. The van der Waals surface area contributed by atoms with Crippen LogP contribution in [0.1, 0.15) is 12.8 Å². The van der Waals surface area contributed by atoms with Crippen molar-refractivity contribution in [2.75, 3.05) is 49.7 Å². The zero-order valence-corrected chi connectivity index (χ0v) is 12.6. The summed E-state index contributed by atoms with van der Waals surface area (Å²) >= 11 is 0. The minimum atomic E-state index is -0.846. The number of hydrogen-bond donors (Lipinski definition) is 2. The average molecular weight is 306 g/mol. The number of nitrogens with zero attached hydrogens (tertiary/aromatic N) is 2. The number of carbonyl (C=O) groups excluding carboxylic acids is 1. The van der Waals surface area contributed by atoms with E-state index in [-0.39, 0.29) is 5.91 Å². The SMILES string of the molecule is NC1(C(=O)Nc2ccc(N3CCOCC3)nc2)CCOCC1. The van der Waals surface area contributed by atoms with Gasteiger partial charge in [0.25, 0.3) is 0 Å². The number of ether oxygens (including phenoxy) is 2. The Labute approximate surface area is 129 Å². The molecule has 1 aromatic rings. The molecule has 3 rings (SSSR count). The predicted octanol–water partition coefficient (Wildman–Crippen LogP) is 0.365. The molecule has 0 spiro atoms. The third-order valence-corrected chi connectivity index (χ3v) is 4.18. The minimum Gasteiger partial charge on any atom is -0.381 e. The molecule has 0 unspecified atom stereocenters. The van der Waals surface area contributed by atoms with Crippen molar-refractivity contribution in [3.05, 3.63) is 18.3 Å². The molecule has 0 bridgehead atoms. The van der Waals surface area contributed by atoms with E-state index in [9.17, 15) is 4.79 Å². The molecule has 0 aliphatic carbocycles. The fourth-order valence-electron chi connectivity index (χ4n) is 2.66. The summed E-state index contributed by atoms with van der Waals surface area (Å²) in [5.41, 5.74) is 5.98. The molecule has 2 aliphatic heterocycles. The molecule has 1 aromatic heterocycles. The second-order valence-corrected chi connectivity index (χ2v) is 5.73. The van der Waals surface area contributed by atoms with Gasteiger partial charge in [-0.25, -0.2) is 4.98 Å². The van der Waals surface area contributed by atoms with Gasteiger partial charge < -0.3 is 25.4 Å². The Morgan fingerprint density at radius 2 is 1.86 bits per heavy atom. The first kappa shape index (κ1) is 15.2. The molecule has 22 heavy (non-hydrogen) atoms. The third-order valence-electron chi connectivity index (χ3n) is 4.18. The van der Waals surface area contributed by atoms with E-state index in [1.54, 1.807) is 6.20 Å². The lowest BCUT2D eigenvalue weighted by Gasteiger charge is -2.31. The highest BCUT2D eigenvalue weighted by molar-refractivity contribution is 5.98. The second kappa shape index (κ2) is 6.60. The van der Waals surface area contributed by atoms with Crippen molar-refractivity contribution in [3.63, 3.8) is 0 Å². The van der Waals surface area contributed by atoms with Crippen molar-refractivity contribution in [2.24, 2.45) is 5.73 Å². The summed E-state index contributed by atoms with van der Waals surface area (Å²) in [5, 5.41) is 2.86. The van der Waals surface area contributed by atoms with Gasteiger partial charge in [-0.1, -0.05) is 0 Å². The first-order valence-corrected chi connectivity index (χ1v) is 7.64. The summed E-state index contributed by atoms with van der Waals surface area (Å²) in [6.45, 7) is 4.17. The number of nitrogens with one attached hydrogen (secondary N) is 1. The Kier molecular flexibility index (Phi) is 4.56. The first-order valence-electron chi connectivity index (χ1n) is 7.64. The van der Waals surface area contributed by atoms with Crippen LogP contribution in [0.5, 0.6) is 0 Å². The smallest absolute Gasteiger partial charge is 0.244 e. The number of pyridine rings is 1. The maximum Gasteiger partial charge on any atom is 0.244 e. The molecule has 0 radical (unpaired) electrons. The lowest BCUT2D eigenvalue weighted by Crippen LogP contribution is -2.54. The monoisotopic (exact) mass is 306 g/mol. The summed E-state index contributed by atoms with van der Waals surface area (Å²) < 4.78 is 10.6. The van der Waals surface area contributed by atoms with Gasteiger partial charge in [0.1, 0.15) is 11.4 Å². The lowest BCUT2D eigenvalue weighted by atomic mass is 9.90. The van der Waals surface area contributed by atoms with Crippen molar-refractivity contribution in [1.29, 1.82) is 0 Å². The highest BCUT2D eigenvalue weighted by Gasteiger charge is 2.35. The Hall–Kier alpha value is -1.70. The van der Waals surface area contributed by atoms with Crippen molar-refractivity contribution < 1.29 is 14.3 Å². The first-order chi connectivity index (χ1) is 10.7. The van der Waals surface area contributed by atoms with E-state index >= 15 is 0 Å². The number of rotatable bonds is 3. The average Bonchev–Trinajstić information content (AvgIpc) is 2.57. The molecular formula is C15H22N4O3. The highest BCUT2D eigenvalue weighted by Crippen LogP contribution is 2.21. The Balaban J connectivity index is 1.61. The molecular weight excluding hydrogens is 284 g/mol. The number of carbonyl (C=O) groups is 1. The number of hydrogen-bond acceptors (Lipinski definition) is 6. The van der Waals surface area contributed by atoms with Gasteiger partial charge in [-0.2, -0.15) is 0 Å². The van der Waals surface area contributed by atoms with Crippen LogP contribution in [0.25, 0.3) is 0 Å². The Morgan fingerprint density at radius 1 is 1.18 bits per heavy atom. The Morgan fingerprint density at radius 3 is 2.50 bits per heavy atom. The zero-order chi connectivity index (χ0) is 15.4. The van der Waals surface area contributed by atoms with Crippen LogP contribution in [0.2, 0.25) is 0 Å². The van der Waals surface area contributed by atoms with Crippen LogP contribution in [0.4, 0.5) is 11.5 Å². The van der Waals surface area contributed by atoms with E-state index in [4.69, 9.17) is 15.2 Å². The van der Waals surface area contributed by atoms with Gasteiger partial charge in [0, 0.05) is 26.3 Å². The molecule has 0 aromatic carbocycles. The van der Waals surface area contributed by atoms with Crippen LogP contribution in [-0.2, 0) is 14.3 Å². The summed E-state index contributed by atoms with van der Waals surface area (Å²) in [6, 6.07) is 3.77. The second-order valence-electron chi connectivity index (χ2n) is 5.73. The third kappa shape index (κ3) is 3.37. The van der Waals surface area contributed by atoms with Gasteiger partial charge in [0.2, 0.25) is 5.91 Å². The molecule has 3 N–H and O–H groups in total. The molecule has 3 heterocycles. The van der Waals surface area contributed by atoms with Gasteiger partial charge in [-0.3, -0.25) is 4.79 Å². The number of anilines is 2. The van der Waals surface area contributed by atoms with Gasteiger partial charge in [0.15, 0.2) is 0 Å². The number of amides is 1. The summed E-state index contributed by atoms with van der Waals surface area (Å²) in [6.07, 6.45) is 2.75. The topological polar surface area (TPSA) is 89.7 Å². The molecule has 7 heteroatoms. The van der Waals surface area contributed by atoms with Crippen molar-refractivity contribution in [1.82, 2.24) is 4.98 Å². The predicted molar refractivity (Wildman–Crippen MR) is 82.9 cm³/mol.